The molecule has 6 heteroatoms. The maximum Gasteiger partial charge on any atom is 0.338 e. The Hall–Kier alpha value is -3.28. The summed E-state index contributed by atoms with van der Waals surface area (Å²) in [4.78, 5) is 24.8. The van der Waals surface area contributed by atoms with Crippen LogP contribution in [0.5, 0.6) is 5.75 Å². The first-order valence-corrected chi connectivity index (χ1v) is 9.76. The summed E-state index contributed by atoms with van der Waals surface area (Å²) in [6.45, 7) is 5.96. The molecule has 0 spiro atoms. The van der Waals surface area contributed by atoms with Crippen LogP contribution < -0.4 is 15.4 Å². The topological polar surface area (TPSA) is 76.7 Å². The number of ether oxygens (including phenoxy) is 2. The molecule has 29 heavy (non-hydrogen) atoms. The first-order chi connectivity index (χ1) is 14.0. The molecule has 2 amide bonds. The fourth-order valence-electron chi connectivity index (χ4n) is 3.16. The van der Waals surface area contributed by atoms with E-state index in [1.807, 2.05) is 61.5 Å². The molecule has 1 atom stereocenters. The lowest BCUT2D eigenvalue weighted by Crippen LogP contribution is -2.46. The van der Waals surface area contributed by atoms with Crippen LogP contribution in [0.15, 0.2) is 65.9 Å². The van der Waals surface area contributed by atoms with E-state index in [9.17, 15) is 9.59 Å². The van der Waals surface area contributed by atoms with Crippen LogP contribution in [0, 0.1) is 0 Å². The van der Waals surface area contributed by atoms with Gasteiger partial charge in [-0.15, -0.1) is 0 Å². The minimum atomic E-state index is -0.576. The Morgan fingerprint density at radius 2 is 1.76 bits per heavy atom. The van der Waals surface area contributed by atoms with Crippen LogP contribution in [0.3, 0.4) is 0 Å². The van der Waals surface area contributed by atoms with Gasteiger partial charge in [0.05, 0.1) is 17.7 Å². The Kier molecular flexibility index (Phi) is 6.54. The predicted octanol–water partition coefficient (Wildman–Crippen LogP) is 4.24. The molecule has 1 aliphatic heterocycles. The lowest BCUT2D eigenvalue weighted by Gasteiger charge is -2.29. The molecule has 0 saturated heterocycles. The molecular weight excluding hydrogens is 368 g/mol. The van der Waals surface area contributed by atoms with Gasteiger partial charge in [-0.3, -0.25) is 0 Å². The van der Waals surface area contributed by atoms with Gasteiger partial charge in [0.25, 0.3) is 0 Å². The zero-order valence-corrected chi connectivity index (χ0v) is 16.9. The number of carbonyl (C=O) groups is 2. The summed E-state index contributed by atoms with van der Waals surface area (Å²) in [5, 5.41) is 5.55. The number of esters is 1. The summed E-state index contributed by atoms with van der Waals surface area (Å²) < 4.78 is 11.2. The summed E-state index contributed by atoms with van der Waals surface area (Å²) in [6.07, 6.45) is 0.269. The molecule has 6 nitrogen and oxygen atoms in total. The first kappa shape index (κ1) is 20.5. The van der Waals surface area contributed by atoms with E-state index in [2.05, 4.69) is 10.6 Å². The largest absolute Gasteiger partial charge is 0.489 e. The lowest BCUT2D eigenvalue weighted by molar-refractivity contribution is -0.143. The second-order valence-electron chi connectivity index (χ2n) is 7.07. The van der Waals surface area contributed by atoms with Gasteiger partial charge in [-0.05, 0) is 43.5 Å². The quantitative estimate of drug-likeness (QED) is 0.689. The minimum Gasteiger partial charge on any atom is -0.489 e. The lowest BCUT2D eigenvalue weighted by atomic mass is 9.94. The van der Waals surface area contributed by atoms with Gasteiger partial charge < -0.3 is 20.1 Å². The van der Waals surface area contributed by atoms with E-state index < -0.39 is 12.0 Å². The van der Waals surface area contributed by atoms with E-state index >= 15 is 0 Å². The Balaban J connectivity index is 1.81. The van der Waals surface area contributed by atoms with E-state index in [-0.39, 0.29) is 12.1 Å². The molecule has 152 valence electrons. The molecule has 0 bridgehead atoms. The molecule has 0 aromatic heterocycles. The molecule has 2 aromatic rings. The predicted molar refractivity (Wildman–Crippen MR) is 110 cm³/mol. The highest BCUT2D eigenvalue weighted by Crippen LogP contribution is 2.30. The van der Waals surface area contributed by atoms with Gasteiger partial charge in [0.2, 0.25) is 0 Å². The molecule has 0 saturated carbocycles. The van der Waals surface area contributed by atoms with Crippen LogP contribution in [0.2, 0.25) is 0 Å². The summed E-state index contributed by atoms with van der Waals surface area (Å²) in [7, 11) is 0. The molecule has 3 rings (SSSR count). The Morgan fingerprint density at radius 1 is 1.07 bits per heavy atom. The van der Waals surface area contributed by atoms with E-state index in [0.29, 0.717) is 30.0 Å². The number of amides is 2. The zero-order valence-electron chi connectivity index (χ0n) is 16.9. The summed E-state index contributed by atoms with van der Waals surface area (Å²) in [5.74, 6) is 0.280. The second-order valence-corrected chi connectivity index (χ2v) is 7.07. The van der Waals surface area contributed by atoms with Crippen molar-refractivity contribution in [2.24, 2.45) is 0 Å². The van der Waals surface area contributed by atoms with Gasteiger partial charge in [-0.25, -0.2) is 9.59 Å². The Morgan fingerprint density at radius 3 is 2.38 bits per heavy atom. The van der Waals surface area contributed by atoms with Gasteiger partial charge >= 0.3 is 12.0 Å². The second kappa shape index (κ2) is 9.28. The maximum atomic E-state index is 12.7. The molecule has 0 fully saturated rings. The standard InChI is InChI=1S/C23H26N2O4/c1-4-19-20(22(26)29-15(2)3)21(25-23(27)24-19)17-10-12-18(13-11-17)28-14-16-8-6-5-7-9-16/h5-13,15,21H,4,14H2,1-3H3,(H2,24,25,27). The molecular formula is C23H26N2O4. The highest BCUT2D eigenvalue weighted by molar-refractivity contribution is 5.95. The van der Waals surface area contributed by atoms with Crippen LogP contribution in [0.1, 0.15) is 44.4 Å². The fraction of sp³-hybridized carbons (Fsp3) is 0.304. The highest BCUT2D eigenvalue weighted by Gasteiger charge is 2.33. The number of hydrogen-bond donors (Lipinski definition) is 2. The van der Waals surface area contributed by atoms with Gasteiger partial charge in [0, 0.05) is 5.70 Å². The summed E-state index contributed by atoms with van der Waals surface area (Å²) >= 11 is 0. The van der Waals surface area contributed by atoms with E-state index in [1.54, 1.807) is 13.8 Å². The van der Waals surface area contributed by atoms with Crippen molar-refractivity contribution in [3.63, 3.8) is 0 Å². The number of carbonyl (C=O) groups excluding carboxylic acids is 2. The normalized spacial score (nSPS) is 16.3. The van der Waals surface area contributed by atoms with Crippen molar-refractivity contribution in [3.8, 4) is 5.75 Å². The van der Waals surface area contributed by atoms with Crippen LogP contribution in [-0.4, -0.2) is 18.1 Å². The number of urea groups is 1. The van der Waals surface area contributed by atoms with Crippen molar-refractivity contribution in [2.75, 3.05) is 0 Å². The molecule has 1 aliphatic rings. The number of hydrogen-bond acceptors (Lipinski definition) is 4. The van der Waals surface area contributed by atoms with E-state index in [0.717, 1.165) is 11.1 Å². The van der Waals surface area contributed by atoms with E-state index in [1.165, 1.54) is 0 Å². The molecule has 1 unspecified atom stereocenters. The summed E-state index contributed by atoms with van der Waals surface area (Å²) in [6, 6.07) is 16.4. The number of nitrogens with one attached hydrogen (secondary N) is 2. The van der Waals surface area contributed by atoms with Crippen molar-refractivity contribution in [2.45, 2.75) is 45.9 Å². The molecule has 2 aromatic carbocycles. The third-order valence-electron chi connectivity index (χ3n) is 4.53. The molecule has 0 radical (unpaired) electrons. The third kappa shape index (κ3) is 5.16. The maximum absolute atomic E-state index is 12.7. The average molecular weight is 394 g/mol. The van der Waals surface area contributed by atoms with Crippen molar-refractivity contribution >= 4 is 12.0 Å². The van der Waals surface area contributed by atoms with Crippen LogP contribution in [-0.2, 0) is 16.1 Å². The molecule has 1 heterocycles. The van der Waals surface area contributed by atoms with E-state index in [4.69, 9.17) is 9.47 Å². The smallest absolute Gasteiger partial charge is 0.338 e. The van der Waals surface area contributed by atoms with Crippen molar-refractivity contribution in [3.05, 3.63) is 77.0 Å². The number of rotatable bonds is 7. The average Bonchev–Trinajstić information content (AvgIpc) is 2.72. The van der Waals surface area contributed by atoms with Crippen molar-refractivity contribution < 1.29 is 19.1 Å². The minimum absolute atomic E-state index is 0.250. The monoisotopic (exact) mass is 394 g/mol. The molecule has 2 N–H and O–H groups in total. The van der Waals surface area contributed by atoms with Crippen LogP contribution in [0.25, 0.3) is 0 Å². The van der Waals surface area contributed by atoms with Crippen molar-refractivity contribution in [1.82, 2.24) is 10.6 Å². The first-order valence-electron chi connectivity index (χ1n) is 9.76. The van der Waals surface area contributed by atoms with Gasteiger partial charge in [0.1, 0.15) is 12.4 Å². The fourth-order valence-corrected chi connectivity index (χ4v) is 3.16. The number of allylic oxidation sites excluding steroid dienone is 1. The zero-order chi connectivity index (χ0) is 20.8. The molecule has 0 aliphatic carbocycles. The van der Waals surface area contributed by atoms with Crippen molar-refractivity contribution in [1.29, 1.82) is 0 Å². The van der Waals surface area contributed by atoms with Crippen LogP contribution >= 0.6 is 0 Å². The SMILES string of the molecule is CCC1=C(C(=O)OC(C)C)C(c2ccc(OCc3ccccc3)cc2)NC(=O)N1. The highest BCUT2D eigenvalue weighted by atomic mass is 16.5. The third-order valence-corrected chi connectivity index (χ3v) is 4.53. The Labute approximate surface area is 170 Å². The Bertz CT molecular complexity index is 889. The van der Waals surface area contributed by atoms with Gasteiger partial charge in [-0.2, -0.15) is 0 Å². The van der Waals surface area contributed by atoms with Gasteiger partial charge in [-0.1, -0.05) is 49.4 Å². The number of benzene rings is 2. The van der Waals surface area contributed by atoms with Gasteiger partial charge in [0.15, 0.2) is 0 Å². The summed E-state index contributed by atoms with van der Waals surface area (Å²) in [5.41, 5.74) is 2.87. The van der Waals surface area contributed by atoms with Crippen LogP contribution in [0.4, 0.5) is 4.79 Å².